The van der Waals surface area contributed by atoms with Crippen molar-refractivity contribution in [2.75, 3.05) is 6.54 Å². The van der Waals surface area contributed by atoms with Crippen molar-refractivity contribution in [3.8, 4) is 0 Å². The van der Waals surface area contributed by atoms with Gasteiger partial charge in [-0.05, 0) is 44.4 Å². The smallest absolute Gasteiger partial charge is 0.325 e. The average Bonchev–Trinajstić information content (AvgIpc) is 2.34. The summed E-state index contributed by atoms with van der Waals surface area (Å²) in [4.78, 5) is 23.5. The number of benzene rings is 1. The second-order valence-electron chi connectivity index (χ2n) is 6.05. The molecule has 110 valence electrons. The molecule has 0 heterocycles. The van der Waals surface area contributed by atoms with E-state index >= 15 is 0 Å². The molecule has 4 nitrogen and oxygen atoms in total. The fourth-order valence-corrected chi connectivity index (χ4v) is 1.67. The van der Waals surface area contributed by atoms with Crippen LogP contribution in [0.15, 0.2) is 24.3 Å². The van der Waals surface area contributed by atoms with Crippen LogP contribution in [-0.2, 0) is 9.53 Å². The Kier molecular flexibility index (Phi) is 5.31. The molecule has 0 aliphatic rings. The van der Waals surface area contributed by atoms with Crippen molar-refractivity contribution in [2.24, 2.45) is 0 Å². The van der Waals surface area contributed by atoms with Crippen LogP contribution >= 0.6 is 0 Å². The van der Waals surface area contributed by atoms with E-state index in [-0.39, 0.29) is 12.5 Å². The van der Waals surface area contributed by atoms with Crippen LogP contribution in [0.5, 0.6) is 0 Å². The summed E-state index contributed by atoms with van der Waals surface area (Å²) in [5.41, 5.74) is 1.11. The number of rotatable bonds is 4. The van der Waals surface area contributed by atoms with Gasteiger partial charge in [-0.25, -0.2) is 0 Å². The van der Waals surface area contributed by atoms with Crippen molar-refractivity contribution >= 4 is 11.9 Å². The molecular formula is C16H23NO3. The van der Waals surface area contributed by atoms with Crippen LogP contribution < -0.4 is 5.32 Å². The van der Waals surface area contributed by atoms with Gasteiger partial charge in [0.2, 0.25) is 0 Å². The predicted octanol–water partition coefficient (Wildman–Crippen LogP) is 2.88. The van der Waals surface area contributed by atoms with E-state index in [1.165, 1.54) is 0 Å². The lowest BCUT2D eigenvalue weighted by molar-refractivity contribution is -0.153. The monoisotopic (exact) mass is 277 g/mol. The minimum atomic E-state index is -0.542. The zero-order valence-electron chi connectivity index (χ0n) is 12.8. The standard InChI is InChI=1S/C16H23NO3/c1-11(2)12-7-6-8-13(9-12)15(19)17-10-14(18)20-16(3,4)5/h6-9,11H,10H2,1-5H3,(H,17,19). The molecule has 0 fully saturated rings. The number of ether oxygens (including phenoxy) is 1. The van der Waals surface area contributed by atoms with Crippen LogP contribution in [0.2, 0.25) is 0 Å². The molecule has 1 aromatic carbocycles. The normalized spacial score (nSPS) is 11.3. The Bertz CT molecular complexity index is 487. The molecule has 1 N–H and O–H groups in total. The fraction of sp³-hybridized carbons (Fsp3) is 0.500. The molecule has 0 saturated carbocycles. The third-order valence-electron chi connectivity index (χ3n) is 2.63. The molecule has 0 aliphatic heterocycles. The highest BCUT2D eigenvalue weighted by atomic mass is 16.6. The molecule has 20 heavy (non-hydrogen) atoms. The minimum Gasteiger partial charge on any atom is -0.459 e. The third kappa shape index (κ3) is 5.43. The van der Waals surface area contributed by atoms with Gasteiger partial charge in [0.1, 0.15) is 12.1 Å². The summed E-state index contributed by atoms with van der Waals surface area (Å²) in [6, 6.07) is 7.40. The molecular weight excluding hydrogens is 254 g/mol. The van der Waals surface area contributed by atoms with Gasteiger partial charge in [-0.3, -0.25) is 9.59 Å². The summed E-state index contributed by atoms with van der Waals surface area (Å²) in [7, 11) is 0. The number of amides is 1. The number of hydrogen-bond acceptors (Lipinski definition) is 3. The lowest BCUT2D eigenvalue weighted by Crippen LogP contribution is -2.34. The Morgan fingerprint density at radius 2 is 1.90 bits per heavy atom. The molecule has 0 aromatic heterocycles. The van der Waals surface area contributed by atoms with E-state index in [0.29, 0.717) is 11.5 Å². The zero-order chi connectivity index (χ0) is 15.3. The Labute approximate surface area is 120 Å². The SMILES string of the molecule is CC(C)c1cccc(C(=O)NCC(=O)OC(C)(C)C)c1. The minimum absolute atomic E-state index is 0.123. The van der Waals surface area contributed by atoms with Gasteiger partial charge in [0, 0.05) is 5.56 Å². The Hall–Kier alpha value is -1.84. The first-order chi connectivity index (χ1) is 9.19. The average molecular weight is 277 g/mol. The van der Waals surface area contributed by atoms with E-state index < -0.39 is 11.6 Å². The molecule has 0 radical (unpaired) electrons. The van der Waals surface area contributed by atoms with E-state index in [1.807, 2.05) is 18.2 Å². The molecule has 0 aliphatic carbocycles. The maximum Gasteiger partial charge on any atom is 0.325 e. The first-order valence-corrected chi connectivity index (χ1v) is 6.79. The van der Waals surface area contributed by atoms with Gasteiger partial charge < -0.3 is 10.1 Å². The van der Waals surface area contributed by atoms with Crippen LogP contribution in [-0.4, -0.2) is 24.0 Å². The van der Waals surface area contributed by atoms with E-state index in [0.717, 1.165) is 5.56 Å². The lowest BCUT2D eigenvalue weighted by atomic mass is 10.0. The molecule has 0 unspecified atom stereocenters. The maximum atomic E-state index is 12.0. The molecule has 0 bridgehead atoms. The summed E-state index contributed by atoms with van der Waals surface area (Å²) in [5.74, 6) is -0.349. The van der Waals surface area contributed by atoms with Crippen molar-refractivity contribution in [2.45, 2.75) is 46.1 Å². The molecule has 0 spiro atoms. The van der Waals surface area contributed by atoms with Gasteiger partial charge in [0.25, 0.3) is 5.91 Å². The number of hydrogen-bond donors (Lipinski definition) is 1. The topological polar surface area (TPSA) is 55.4 Å². The van der Waals surface area contributed by atoms with E-state index in [1.54, 1.807) is 26.8 Å². The highest BCUT2D eigenvalue weighted by molar-refractivity contribution is 5.96. The Morgan fingerprint density at radius 3 is 2.45 bits per heavy atom. The number of carbonyl (C=O) groups excluding carboxylic acids is 2. The van der Waals surface area contributed by atoms with E-state index in [9.17, 15) is 9.59 Å². The third-order valence-corrected chi connectivity index (χ3v) is 2.63. The molecule has 1 amide bonds. The van der Waals surface area contributed by atoms with Crippen LogP contribution in [0.4, 0.5) is 0 Å². The van der Waals surface area contributed by atoms with Crippen molar-refractivity contribution in [1.82, 2.24) is 5.32 Å². The van der Waals surface area contributed by atoms with Crippen molar-refractivity contribution in [1.29, 1.82) is 0 Å². The zero-order valence-corrected chi connectivity index (χ0v) is 12.8. The molecule has 0 saturated heterocycles. The van der Waals surface area contributed by atoms with Crippen LogP contribution in [0.3, 0.4) is 0 Å². The quantitative estimate of drug-likeness (QED) is 0.861. The maximum absolute atomic E-state index is 12.0. The number of carbonyl (C=O) groups is 2. The van der Waals surface area contributed by atoms with Gasteiger partial charge in [0.15, 0.2) is 0 Å². The van der Waals surface area contributed by atoms with Crippen molar-refractivity contribution < 1.29 is 14.3 Å². The second-order valence-corrected chi connectivity index (χ2v) is 6.05. The highest BCUT2D eigenvalue weighted by Gasteiger charge is 2.17. The fourth-order valence-electron chi connectivity index (χ4n) is 1.67. The molecule has 4 heteroatoms. The van der Waals surface area contributed by atoms with E-state index in [4.69, 9.17) is 4.74 Å². The number of nitrogens with one attached hydrogen (secondary N) is 1. The van der Waals surface area contributed by atoms with Crippen molar-refractivity contribution in [3.63, 3.8) is 0 Å². The second kappa shape index (κ2) is 6.55. The first kappa shape index (κ1) is 16.2. The van der Waals surface area contributed by atoms with Gasteiger partial charge in [-0.1, -0.05) is 26.0 Å². The summed E-state index contributed by atoms with van der Waals surface area (Å²) < 4.78 is 5.13. The highest BCUT2D eigenvalue weighted by Crippen LogP contribution is 2.15. The lowest BCUT2D eigenvalue weighted by Gasteiger charge is -2.19. The molecule has 1 aromatic rings. The summed E-state index contributed by atoms with van der Waals surface area (Å²) in [6.07, 6.45) is 0. The largest absolute Gasteiger partial charge is 0.459 e. The van der Waals surface area contributed by atoms with Gasteiger partial charge in [-0.2, -0.15) is 0 Å². The van der Waals surface area contributed by atoms with E-state index in [2.05, 4.69) is 19.2 Å². The first-order valence-electron chi connectivity index (χ1n) is 6.79. The van der Waals surface area contributed by atoms with Crippen molar-refractivity contribution in [3.05, 3.63) is 35.4 Å². The summed E-state index contributed by atoms with van der Waals surface area (Å²) in [5, 5.41) is 2.57. The Morgan fingerprint density at radius 1 is 1.25 bits per heavy atom. The predicted molar refractivity (Wildman–Crippen MR) is 78.7 cm³/mol. The number of esters is 1. The molecule has 0 atom stereocenters. The molecule has 1 rings (SSSR count). The van der Waals surface area contributed by atoms with Crippen LogP contribution in [0.25, 0.3) is 0 Å². The van der Waals surface area contributed by atoms with Crippen LogP contribution in [0, 0.1) is 0 Å². The summed E-state index contributed by atoms with van der Waals surface area (Å²) in [6.45, 7) is 9.38. The van der Waals surface area contributed by atoms with Gasteiger partial charge in [0.05, 0.1) is 0 Å². The summed E-state index contributed by atoms with van der Waals surface area (Å²) >= 11 is 0. The van der Waals surface area contributed by atoms with Crippen LogP contribution in [0.1, 0.15) is 56.5 Å². The van der Waals surface area contributed by atoms with Gasteiger partial charge in [-0.15, -0.1) is 0 Å². The van der Waals surface area contributed by atoms with Gasteiger partial charge >= 0.3 is 5.97 Å². The Balaban J connectivity index is 2.59.